The summed E-state index contributed by atoms with van der Waals surface area (Å²) in [6.45, 7) is 26.6. The average Bonchev–Trinajstić information content (AvgIpc) is 2.82. The molecule has 1 nitrogen and oxygen atoms in total. The van der Waals surface area contributed by atoms with Gasteiger partial charge in [-0.3, -0.25) is 4.99 Å². The molecule has 0 amide bonds. The van der Waals surface area contributed by atoms with Crippen LogP contribution < -0.4 is 0 Å². The van der Waals surface area contributed by atoms with Gasteiger partial charge in [-0.1, -0.05) is 148 Å². The van der Waals surface area contributed by atoms with Crippen molar-refractivity contribution in [3.63, 3.8) is 0 Å². The second-order valence-electron chi connectivity index (χ2n) is 12.4. The van der Waals surface area contributed by atoms with Crippen LogP contribution in [0, 0.1) is 11.8 Å². The third kappa shape index (κ3) is 8.19. The maximum atomic E-state index is 5.28. The normalized spacial score (nSPS) is 14.8. The van der Waals surface area contributed by atoms with Gasteiger partial charge in [0, 0.05) is 5.71 Å². The van der Waals surface area contributed by atoms with Crippen molar-refractivity contribution in [2.45, 2.75) is 92.9 Å². The molecule has 36 heavy (non-hydrogen) atoms. The van der Waals surface area contributed by atoms with Crippen molar-refractivity contribution in [3.8, 4) is 0 Å². The predicted molar refractivity (Wildman–Crippen MR) is 162 cm³/mol. The quantitative estimate of drug-likeness (QED) is 0.248. The minimum Gasteiger partial charge on any atom is -0.253 e. The highest BCUT2D eigenvalue weighted by Gasteiger charge is 2.16. The summed E-state index contributed by atoms with van der Waals surface area (Å²) in [7, 11) is 0. The second kappa shape index (κ2) is 12.5. The van der Waals surface area contributed by atoms with Gasteiger partial charge < -0.3 is 0 Å². The van der Waals surface area contributed by atoms with Crippen molar-refractivity contribution < 1.29 is 0 Å². The molecule has 0 radical (unpaired) electrons. The number of allylic oxidation sites excluding steroid dienone is 4. The van der Waals surface area contributed by atoms with Gasteiger partial charge >= 0.3 is 0 Å². The molecule has 0 N–H and O–H groups in total. The number of benzene rings is 2. The monoisotopic (exact) mass is 483 g/mol. The minimum atomic E-state index is 0.127. The first kappa shape index (κ1) is 29.6. The molecule has 1 heteroatoms. The molecule has 0 fully saturated rings. The zero-order valence-corrected chi connectivity index (χ0v) is 24.6. The molecule has 0 aliphatic rings. The molecule has 2 aromatic carbocycles. The lowest BCUT2D eigenvalue weighted by Gasteiger charge is -2.20. The first-order chi connectivity index (χ1) is 16.8. The van der Waals surface area contributed by atoms with Gasteiger partial charge in [-0.25, -0.2) is 0 Å². The molecule has 0 aromatic heterocycles. The summed E-state index contributed by atoms with van der Waals surface area (Å²) < 4.78 is 0. The van der Waals surface area contributed by atoms with Gasteiger partial charge in [0.15, 0.2) is 0 Å². The van der Waals surface area contributed by atoms with Crippen LogP contribution in [0.25, 0.3) is 5.70 Å². The maximum Gasteiger partial charge on any atom is 0.0668 e. The summed E-state index contributed by atoms with van der Waals surface area (Å²) in [5, 5.41) is 0. The van der Waals surface area contributed by atoms with Gasteiger partial charge in [0.2, 0.25) is 0 Å². The van der Waals surface area contributed by atoms with E-state index in [9.17, 15) is 0 Å². The lowest BCUT2D eigenvalue weighted by Crippen LogP contribution is -2.11. The number of aliphatic imine (C=N–C) groups is 1. The molecular formula is C35H49N. The van der Waals surface area contributed by atoms with Crippen LogP contribution in [0.15, 0.2) is 83.9 Å². The summed E-state index contributed by atoms with van der Waals surface area (Å²) in [6, 6.07) is 17.9. The minimum absolute atomic E-state index is 0.127. The van der Waals surface area contributed by atoms with E-state index in [2.05, 4.69) is 136 Å². The smallest absolute Gasteiger partial charge is 0.0668 e. The van der Waals surface area contributed by atoms with Crippen molar-refractivity contribution >= 4 is 11.4 Å². The SMILES string of the molecule is C=CC=C(C/C=C(\N=C(CC)c1ccc(C(C)(C)C)cc1)c1ccc(C(C)(C)C)cc1)[C@H](C)C(C)C. The van der Waals surface area contributed by atoms with Crippen molar-refractivity contribution in [3.05, 3.63) is 101 Å². The Balaban J connectivity index is 2.57. The van der Waals surface area contributed by atoms with Crippen molar-refractivity contribution in [2.24, 2.45) is 16.8 Å². The third-order valence-corrected chi connectivity index (χ3v) is 7.17. The number of hydrogen-bond donors (Lipinski definition) is 0. The fourth-order valence-corrected chi connectivity index (χ4v) is 4.22. The molecule has 2 aromatic rings. The molecule has 0 heterocycles. The number of nitrogens with zero attached hydrogens (tertiary/aromatic N) is 1. The molecule has 0 aliphatic heterocycles. The van der Waals surface area contributed by atoms with Crippen molar-refractivity contribution in [1.82, 2.24) is 0 Å². The summed E-state index contributed by atoms with van der Waals surface area (Å²) in [5.41, 5.74) is 8.86. The lowest BCUT2D eigenvalue weighted by atomic mass is 9.86. The predicted octanol–water partition coefficient (Wildman–Crippen LogP) is 10.3. The average molecular weight is 484 g/mol. The second-order valence-corrected chi connectivity index (χ2v) is 12.4. The highest BCUT2D eigenvalue weighted by molar-refractivity contribution is 6.03. The van der Waals surface area contributed by atoms with Crippen LogP contribution in [-0.4, -0.2) is 5.71 Å². The molecule has 0 saturated carbocycles. The highest BCUT2D eigenvalue weighted by Crippen LogP contribution is 2.29. The highest BCUT2D eigenvalue weighted by atomic mass is 14.8. The van der Waals surface area contributed by atoms with Crippen LogP contribution >= 0.6 is 0 Å². The zero-order chi connectivity index (χ0) is 27.1. The van der Waals surface area contributed by atoms with E-state index < -0.39 is 0 Å². The van der Waals surface area contributed by atoms with Gasteiger partial charge in [-0.05, 0) is 57.8 Å². The Kier molecular flexibility index (Phi) is 10.3. The number of hydrogen-bond acceptors (Lipinski definition) is 1. The molecule has 2 rings (SSSR count). The Labute approximate surface area is 222 Å². The van der Waals surface area contributed by atoms with Crippen LogP contribution in [0.4, 0.5) is 0 Å². The van der Waals surface area contributed by atoms with E-state index in [0.29, 0.717) is 11.8 Å². The molecule has 194 valence electrons. The Morgan fingerprint density at radius 1 is 0.806 bits per heavy atom. The van der Waals surface area contributed by atoms with Crippen LogP contribution in [-0.2, 0) is 10.8 Å². The molecule has 0 unspecified atom stereocenters. The largest absolute Gasteiger partial charge is 0.253 e. The summed E-state index contributed by atoms with van der Waals surface area (Å²) >= 11 is 0. The van der Waals surface area contributed by atoms with E-state index in [-0.39, 0.29) is 10.8 Å². The molecule has 0 bridgehead atoms. The van der Waals surface area contributed by atoms with E-state index >= 15 is 0 Å². The van der Waals surface area contributed by atoms with Crippen LogP contribution in [0.1, 0.15) is 104 Å². The standard InChI is InChI=1S/C35H49N/c1-12-14-27(26(5)25(3)4)19-24-33(29-17-22-31(23-18-29)35(9,10)11)36-32(13-2)28-15-20-30(21-16-28)34(6,7)8/h12,14-18,20-26H,1,13,19H2,2-11H3/b27-14?,33-24-,36-32?/t26-/m1/s1. The van der Waals surface area contributed by atoms with Gasteiger partial charge in [0.05, 0.1) is 5.70 Å². The van der Waals surface area contributed by atoms with Gasteiger partial charge in [-0.2, -0.15) is 0 Å². The van der Waals surface area contributed by atoms with E-state index in [1.54, 1.807) is 0 Å². The Hall–Kier alpha value is -2.67. The molecule has 0 spiro atoms. The van der Waals surface area contributed by atoms with Crippen LogP contribution in [0.2, 0.25) is 0 Å². The van der Waals surface area contributed by atoms with Crippen LogP contribution in [0.5, 0.6) is 0 Å². The summed E-state index contributed by atoms with van der Waals surface area (Å²) in [5.74, 6) is 1.07. The zero-order valence-electron chi connectivity index (χ0n) is 24.6. The van der Waals surface area contributed by atoms with Crippen LogP contribution in [0.3, 0.4) is 0 Å². The topological polar surface area (TPSA) is 12.4 Å². The molecule has 0 aliphatic carbocycles. The Bertz CT molecular complexity index is 1080. The van der Waals surface area contributed by atoms with E-state index in [0.717, 1.165) is 29.8 Å². The van der Waals surface area contributed by atoms with Crippen molar-refractivity contribution in [1.29, 1.82) is 0 Å². The van der Waals surface area contributed by atoms with E-state index in [1.807, 2.05) is 6.08 Å². The number of rotatable bonds is 9. The van der Waals surface area contributed by atoms with Crippen molar-refractivity contribution in [2.75, 3.05) is 0 Å². The maximum absolute atomic E-state index is 5.28. The van der Waals surface area contributed by atoms with Gasteiger partial charge in [0.1, 0.15) is 0 Å². The summed E-state index contributed by atoms with van der Waals surface area (Å²) in [6.07, 6.45) is 8.14. The summed E-state index contributed by atoms with van der Waals surface area (Å²) in [4.78, 5) is 5.28. The van der Waals surface area contributed by atoms with E-state index in [4.69, 9.17) is 4.99 Å². The molecular weight excluding hydrogens is 434 g/mol. The fourth-order valence-electron chi connectivity index (χ4n) is 4.22. The molecule has 1 atom stereocenters. The van der Waals surface area contributed by atoms with Gasteiger partial charge in [-0.15, -0.1) is 0 Å². The fraction of sp³-hybridized carbons (Fsp3) is 0.457. The Morgan fingerprint density at radius 3 is 1.67 bits per heavy atom. The first-order valence-corrected chi connectivity index (χ1v) is 13.6. The third-order valence-electron chi connectivity index (χ3n) is 7.17. The first-order valence-electron chi connectivity index (χ1n) is 13.6. The lowest BCUT2D eigenvalue weighted by molar-refractivity contribution is 0.474. The van der Waals surface area contributed by atoms with E-state index in [1.165, 1.54) is 22.3 Å². The van der Waals surface area contributed by atoms with Gasteiger partial charge in [0.25, 0.3) is 0 Å². The Morgan fingerprint density at radius 2 is 1.28 bits per heavy atom. The molecule has 0 saturated heterocycles.